The van der Waals surface area contributed by atoms with E-state index in [2.05, 4.69) is 26.1 Å². The van der Waals surface area contributed by atoms with Crippen LogP contribution in [-0.4, -0.2) is 12.6 Å². The summed E-state index contributed by atoms with van der Waals surface area (Å²) in [5, 5.41) is 3.67. The topological polar surface area (TPSA) is 12.0 Å². The Morgan fingerprint density at radius 3 is 2.50 bits per heavy atom. The van der Waals surface area contributed by atoms with Crippen LogP contribution >= 0.6 is 0 Å². The summed E-state index contributed by atoms with van der Waals surface area (Å²) in [5.41, 5.74) is 0. The fraction of sp³-hybridized carbons (Fsp3) is 1.00. The zero-order valence-electron chi connectivity index (χ0n) is 8.77. The molecule has 0 aromatic carbocycles. The van der Waals surface area contributed by atoms with Gasteiger partial charge in [-0.3, -0.25) is 0 Å². The van der Waals surface area contributed by atoms with E-state index in [1.807, 2.05) is 0 Å². The summed E-state index contributed by atoms with van der Waals surface area (Å²) in [6.45, 7) is 8.13. The minimum absolute atomic E-state index is 0.791. The van der Waals surface area contributed by atoms with Gasteiger partial charge >= 0.3 is 0 Å². The molecule has 1 saturated carbocycles. The molecule has 1 aliphatic carbocycles. The molecule has 0 amide bonds. The standard InChI is InChI=1S/C11H23N/c1-9(2)8-12-11-7-5-4-6-10(11)3/h9-12H,4-8H2,1-3H3/t10-,11+/m1/s1. The smallest absolute Gasteiger partial charge is 0.00928 e. The Bertz CT molecular complexity index is 120. The van der Waals surface area contributed by atoms with E-state index >= 15 is 0 Å². The second kappa shape index (κ2) is 4.86. The van der Waals surface area contributed by atoms with Gasteiger partial charge in [-0.15, -0.1) is 0 Å². The third kappa shape index (κ3) is 3.14. The highest BCUT2D eigenvalue weighted by Gasteiger charge is 2.20. The molecular formula is C11H23N. The van der Waals surface area contributed by atoms with Crippen LogP contribution in [0.25, 0.3) is 0 Å². The van der Waals surface area contributed by atoms with E-state index in [9.17, 15) is 0 Å². The normalized spacial score (nSPS) is 31.0. The van der Waals surface area contributed by atoms with Crippen molar-refractivity contribution < 1.29 is 0 Å². The van der Waals surface area contributed by atoms with Crippen molar-refractivity contribution in [3.63, 3.8) is 0 Å². The van der Waals surface area contributed by atoms with Crippen molar-refractivity contribution in [1.29, 1.82) is 0 Å². The highest BCUT2D eigenvalue weighted by Crippen LogP contribution is 2.23. The van der Waals surface area contributed by atoms with Gasteiger partial charge in [-0.2, -0.15) is 0 Å². The zero-order valence-corrected chi connectivity index (χ0v) is 8.77. The average Bonchev–Trinajstić information content (AvgIpc) is 2.03. The number of hydrogen-bond acceptors (Lipinski definition) is 1. The van der Waals surface area contributed by atoms with Gasteiger partial charge in [0, 0.05) is 6.04 Å². The molecule has 1 heteroatoms. The largest absolute Gasteiger partial charge is 0.313 e. The lowest BCUT2D eigenvalue weighted by Crippen LogP contribution is -2.39. The SMILES string of the molecule is CC(C)CN[C@H]1CCCC[C@H]1C. The zero-order chi connectivity index (χ0) is 8.97. The number of rotatable bonds is 3. The van der Waals surface area contributed by atoms with Gasteiger partial charge in [-0.05, 0) is 31.2 Å². The highest BCUT2D eigenvalue weighted by molar-refractivity contribution is 4.78. The third-order valence-corrected chi connectivity index (χ3v) is 2.90. The maximum atomic E-state index is 3.67. The van der Waals surface area contributed by atoms with E-state index in [1.165, 1.54) is 32.2 Å². The molecule has 0 unspecified atom stereocenters. The minimum atomic E-state index is 0.791. The number of nitrogens with one attached hydrogen (secondary N) is 1. The summed E-state index contributed by atoms with van der Waals surface area (Å²) in [4.78, 5) is 0. The van der Waals surface area contributed by atoms with Gasteiger partial charge in [0.15, 0.2) is 0 Å². The molecule has 0 bridgehead atoms. The van der Waals surface area contributed by atoms with Gasteiger partial charge in [0.2, 0.25) is 0 Å². The summed E-state index contributed by atoms with van der Waals surface area (Å²) in [6, 6.07) is 0.807. The van der Waals surface area contributed by atoms with E-state index in [4.69, 9.17) is 0 Å². The monoisotopic (exact) mass is 169 g/mol. The first kappa shape index (κ1) is 10.0. The summed E-state index contributed by atoms with van der Waals surface area (Å²) in [7, 11) is 0. The molecule has 0 saturated heterocycles. The third-order valence-electron chi connectivity index (χ3n) is 2.90. The molecule has 0 heterocycles. The molecule has 72 valence electrons. The van der Waals surface area contributed by atoms with Crippen LogP contribution in [0.3, 0.4) is 0 Å². The van der Waals surface area contributed by atoms with E-state index in [0.717, 1.165) is 17.9 Å². The van der Waals surface area contributed by atoms with E-state index in [0.29, 0.717) is 0 Å². The molecule has 1 nitrogen and oxygen atoms in total. The fourth-order valence-corrected chi connectivity index (χ4v) is 2.01. The van der Waals surface area contributed by atoms with Crippen LogP contribution in [0.4, 0.5) is 0 Å². The van der Waals surface area contributed by atoms with Crippen molar-refractivity contribution in [2.24, 2.45) is 11.8 Å². The van der Waals surface area contributed by atoms with Crippen molar-refractivity contribution in [3.05, 3.63) is 0 Å². The Morgan fingerprint density at radius 1 is 1.25 bits per heavy atom. The first-order valence-corrected chi connectivity index (χ1v) is 5.43. The van der Waals surface area contributed by atoms with Crippen molar-refractivity contribution >= 4 is 0 Å². The van der Waals surface area contributed by atoms with E-state index < -0.39 is 0 Å². The van der Waals surface area contributed by atoms with Crippen LogP contribution < -0.4 is 5.32 Å². The molecule has 1 aliphatic rings. The van der Waals surface area contributed by atoms with Gasteiger partial charge < -0.3 is 5.32 Å². The van der Waals surface area contributed by atoms with E-state index in [-0.39, 0.29) is 0 Å². The summed E-state index contributed by atoms with van der Waals surface area (Å²) in [6.07, 6.45) is 5.70. The van der Waals surface area contributed by atoms with Crippen molar-refractivity contribution in [2.45, 2.75) is 52.5 Å². The van der Waals surface area contributed by atoms with Gasteiger partial charge in [0.1, 0.15) is 0 Å². The lowest BCUT2D eigenvalue weighted by atomic mass is 9.86. The summed E-state index contributed by atoms with van der Waals surface area (Å²) >= 11 is 0. The van der Waals surface area contributed by atoms with Gasteiger partial charge in [-0.1, -0.05) is 33.6 Å². The molecule has 0 aromatic rings. The molecule has 2 atom stereocenters. The van der Waals surface area contributed by atoms with Gasteiger partial charge in [-0.25, -0.2) is 0 Å². The van der Waals surface area contributed by atoms with Crippen LogP contribution in [0.5, 0.6) is 0 Å². The highest BCUT2D eigenvalue weighted by atomic mass is 14.9. The lowest BCUT2D eigenvalue weighted by Gasteiger charge is -2.30. The molecule has 0 aromatic heterocycles. The molecule has 1 rings (SSSR count). The average molecular weight is 169 g/mol. The van der Waals surface area contributed by atoms with Crippen LogP contribution in [0.2, 0.25) is 0 Å². The Labute approximate surface area is 76.9 Å². The number of hydrogen-bond donors (Lipinski definition) is 1. The van der Waals surface area contributed by atoms with Gasteiger partial charge in [0.25, 0.3) is 0 Å². The van der Waals surface area contributed by atoms with Crippen LogP contribution in [0, 0.1) is 11.8 Å². The van der Waals surface area contributed by atoms with E-state index in [1.54, 1.807) is 0 Å². The molecule has 1 fully saturated rings. The molecule has 1 N–H and O–H groups in total. The maximum Gasteiger partial charge on any atom is 0.00928 e. The predicted molar refractivity (Wildman–Crippen MR) is 54.3 cm³/mol. The summed E-state index contributed by atoms with van der Waals surface area (Å²) in [5.74, 6) is 1.69. The van der Waals surface area contributed by atoms with Crippen molar-refractivity contribution in [1.82, 2.24) is 5.32 Å². The first-order chi connectivity index (χ1) is 5.70. The van der Waals surface area contributed by atoms with Crippen molar-refractivity contribution in [3.8, 4) is 0 Å². The van der Waals surface area contributed by atoms with Gasteiger partial charge in [0.05, 0.1) is 0 Å². The summed E-state index contributed by atoms with van der Waals surface area (Å²) < 4.78 is 0. The molecule has 0 spiro atoms. The Balaban J connectivity index is 2.20. The second-order valence-corrected chi connectivity index (χ2v) is 4.67. The van der Waals surface area contributed by atoms with Crippen LogP contribution in [-0.2, 0) is 0 Å². The maximum absolute atomic E-state index is 3.67. The predicted octanol–water partition coefficient (Wildman–Crippen LogP) is 2.81. The van der Waals surface area contributed by atoms with Crippen molar-refractivity contribution in [2.75, 3.05) is 6.54 Å². The van der Waals surface area contributed by atoms with Crippen LogP contribution in [0.1, 0.15) is 46.5 Å². The second-order valence-electron chi connectivity index (χ2n) is 4.67. The van der Waals surface area contributed by atoms with Crippen LogP contribution in [0.15, 0.2) is 0 Å². The quantitative estimate of drug-likeness (QED) is 0.685. The fourth-order valence-electron chi connectivity index (χ4n) is 2.01. The molecular weight excluding hydrogens is 146 g/mol. The molecule has 0 radical (unpaired) electrons. The first-order valence-electron chi connectivity index (χ1n) is 5.43. The Hall–Kier alpha value is -0.0400. The Morgan fingerprint density at radius 2 is 1.92 bits per heavy atom. The minimum Gasteiger partial charge on any atom is -0.313 e. The molecule has 12 heavy (non-hydrogen) atoms. The molecule has 0 aliphatic heterocycles. The Kier molecular flexibility index (Phi) is 4.07. The lowest BCUT2D eigenvalue weighted by molar-refractivity contribution is 0.273.